The molecule has 1 atom stereocenters. The van der Waals surface area contributed by atoms with Gasteiger partial charge in [0, 0.05) is 28.2 Å². The van der Waals surface area contributed by atoms with Gasteiger partial charge >= 0.3 is 0 Å². The topological polar surface area (TPSA) is 68.2 Å². The number of nitrogen functional groups attached to an aromatic ring is 1. The van der Waals surface area contributed by atoms with Gasteiger partial charge in [0.25, 0.3) is 5.89 Å². The average molecular weight is 355 g/mol. The molecule has 2 heterocycles. The highest BCUT2D eigenvalue weighted by molar-refractivity contribution is 9.10. The van der Waals surface area contributed by atoms with Crippen LogP contribution in [0.1, 0.15) is 11.9 Å². The van der Waals surface area contributed by atoms with Gasteiger partial charge in [0.2, 0.25) is 0 Å². The van der Waals surface area contributed by atoms with E-state index in [0.717, 1.165) is 33.9 Å². The lowest BCUT2D eigenvalue weighted by Crippen LogP contribution is -2.33. The second-order valence-corrected chi connectivity index (χ2v) is 6.83. The standard InChI is InChI=1S/C13H15BrN4OS/c1-18-4-5-20-7-11(18)12-16-13(19-17-12)9-3-2-8(14)6-10(9)15/h2-3,6,11H,4-5,7,15H2,1H3. The number of anilines is 1. The number of hydrogen-bond acceptors (Lipinski definition) is 6. The van der Waals surface area contributed by atoms with E-state index in [4.69, 9.17) is 10.3 Å². The highest BCUT2D eigenvalue weighted by atomic mass is 79.9. The number of hydrogen-bond donors (Lipinski definition) is 1. The lowest BCUT2D eigenvalue weighted by Gasteiger charge is -2.29. The van der Waals surface area contributed by atoms with E-state index in [1.165, 1.54) is 0 Å². The van der Waals surface area contributed by atoms with Crippen LogP contribution in [0.3, 0.4) is 0 Å². The molecule has 0 amide bonds. The van der Waals surface area contributed by atoms with Crippen LogP contribution in [0.4, 0.5) is 5.69 Å². The summed E-state index contributed by atoms with van der Waals surface area (Å²) >= 11 is 5.31. The Labute approximate surface area is 130 Å². The third-order valence-electron chi connectivity index (χ3n) is 3.38. The minimum absolute atomic E-state index is 0.211. The molecule has 20 heavy (non-hydrogen) atoms. The molecular weight excluding hydrogens is 340 g/mol. The zero-order valence-electron chi connectivity index (χ0n) is 11.0. The van der Waals surface area contributed by atoms with Crippen LogP contribution < -0.4 is 5.73 Å². The highest BCUT2D eigenvalue weighted by Gasteiger charge is 2.26. The predicted octanol–water partition coefficient (Wildman–Crippen LogP) is 2.80. The Balaban J connectivity index is 1.89. The predicted molar refractivity (Wildman–Crippen MR) is 84.5 cm³/mol. The first kappa shape index (κ1) is 13.9. The van der Waals surface area contributed by atoms with E-state index in [2.05, 4.69) is 38.0 Å². The van der Waals surface area contributed by atoms with E-state index < -0.39 is 0 Å². The third kappa shape index (κ3) is 2.70. The van der Waals surface area contributed by atoms with Gasteiger partial charge < -0.3 is 10.3 Å². The molecule has 7 heteroatoms. The van der Waals surface area contributed by atoms with Crippen LogP contribution in [-0.2, 0) is 0 Å². The van der Waals surface area contributed by atoms with Gasteiger partial charge in [-0.2, -0.15) is 16.7 Å². The second-order valence-electron chi connectivity index (χ2n) is 4.76. The number of rotatable bonds is 2. The maximum atomic E-state index is 6.00. The summed E-state index contributed by atoms with van der Waals surface area (Å²) in [6, 6.07) is 5.85. The van der Waals surface area contributed by atoms with Crippen molar-refractivity contribution in [3.63, 3.8) is 0 Å². The van der Waals surface area contributed by atoms with Crippen LogP contribution in [0.25, 0.3) is 11.5 Å². The van der Waals surface area contributed by atoms with E-state index in [-0.39, 0.29) is 6.04 Å². The largest absolute Gasteiger partial charge is 0.398 e. The summed E-state index contributed by atoms with van der Waals surface area (Å²) in [6.07, 6.45) is 0. The minimum Gasteiger partial charge on any atom is -0.398 e. The first-order chi connectivity index (χ1) is 9.65. The number of benzene rings is 1. The van der Waals surface area contributed by atoms with Crippen molar-refractivity contribution in [2.24, 2.45) is 0 Å². The summed E-state index contributed by atoms with van der Waals surface area (Å²) in [5.41, 5.74) is 7.40. The SMILES string of the molecule is CN1CCSCC1c1noc(-c2ccc(Br)cc2N)n1. The van der Waals surface area contributed by atoms with Crippen molar-refractivity contribution in [1.82, 2.24) is 15.0 Å². The molecule has 0 saturated carbocycles. The molecule has 1 aliphatic rings. The van der Waals surface area contributed by atoms with Gasteiger partial charge in [-0.05, 0) is 25.2 Å². The average Bonchev–Trinajstić information content (AvgIpc) is 2.88. The summed E-state index contributed by atoms with van der Waals surface area (Å²) in [7, 11) is 2.09. The maximum absolute atomic E-state index is 6.00. The van der Waals surface area contributed by atoms with Crippen LogP contribution in [0, 0.1) is 0 Å². The van der Waals surface area contributed by atoms with E-state index in [0.29, 0.717) is 11.6 Å². The van der Waals surface area contributed by atoms with Crippen LogP contribution in [0.2, 0.25) is 0 Å². The van der Waals surface area contributed by atoms with E-state index >= 15 is 0 Å². The quantitative estimate of drug-likeness (QED) is 0.836. The van der Waals surface area contributed by atoms with Gasteiger partial charge in [0.1, 0.15) is 0 Å². The lowest BCUT2D eigenvalue weighted by atomic mass is 10.2. The molecule has 1 saturated heterocycles. The van der Waals surface area contributed by atoms with E-state index in [1.807, 2.05) is 30.0 Å². The normalized spacial score (nSPS) is 20.2. The molecule has 0 radical (unpaired) electrons. The molecule has 0 bridgehead atoms. The maximum Gasteiger partial charge on any atom is 0.260 e. The van der Waals surface area contributed by atoms with Crippen molar-refractivity contribution in [1.29, 1.82) is 0 Å². The smallest absolute Gasteiger partial charge is 0.260 e. The summed E-state index contributed by atoms with van der Waals surface area (Å²) in [5, 5.41) is 4.12. The molecule has 1 aromatic heterocycles. The molecule has 3 rings (SSSR count). The molecule has 106 valence electrons. The zero-order chi connectivity index (χ0) is 14.1. The van der Waals surface area contributed by atoms with E-state index in [1.54, 1.807) is 0 Å². The Kier molecular flexibility index (Phi) is 4.00. The molecule has 1 fully saturated rings. The van der Waals surface area contributed by atoms with Crippen LogP contribution in [-0.4, -0.2) is 40.1 Å². The molecule has 2 aromatic rings. The summed E-state index contributed by atoms with van der Waals surface area (Å²) < 4.78 is 6.31. The summed E-state index contributed by atoms with van der Waals surface area (Å²) in [5.74, 6) is 3.36. The number of aromatic nitrogens is 2. The van der Waals surface area contributed by atoms with Crippen molar-refractivity contribution >= 4 is 33.4 Å². The molecule has 5 nitrogen and oxygen atoms in total. The van der Waals surface area contributed by atoms with Gasteiger partial charge in [-0.15, -0.1) is 0 Å². The monoisotopic (exact) mass is 354 g/mol. The first-order valence-electron chi connectivity index (χ1n) is 6.32. The fourth-order valence-electron chi connectivity index (χ4n) is 2.17. The number of nitrogens with zero attached hydrogens (tertiary/aromatic N) is 3. The Morgan fingerprint density at radius 2 is 2.35 bits per heavy atom. The lowest BCUT2D eigenvalue weighted by molar-refractivity contribution is 0.257. The summed E-state index contributed by atoms with van der Waals surface area (Å²) in [4.78, 5) is 6.78. The molecule has 1 unspecified atom stereocenters. The van der Waals surface area contributed by atoms with Gasteiger partial charge in [0.05, 0.1) is 11.6 Å². The third-order valence-corrected chi connectivity index (χ3v) is 4.90. The van der Waals surface area contributed by atoms with Crippen LogP contribution in [0.15, 0.2) is 27.2 Å². The first-order valence-corrected chi connectivity index (χ1v) is 8.27. The molecule has 1 aliphatic heterocycles. The number of nitrogens with two attached hydrogens (primary N) is 1. The van der Waals surface area contributed by atoms with Crippen LogP contribution in [0.5, 0.6) is 0 Å². The van der Waals surface area contributed by atoms with Crippen molar-refractivity contribution in [2.45, 2.75) is 6.04 Å². The highest BCUT2D eigenvalue weighted by Crippen LogP contribution is 2.31. The molecule has 2 N–H and O–H groups in total. The Bertz CT molecular complexity index is 618. The molecule has 0 spiro atoms. The van der Waals surface area contributed by atoms with Gasteiger partial charge in [-0.25, -0.2) is 0 Å². The fraction of sp³-hybridized carbons (Fsp3) is 0.385. The molecule has 0 aliphatic carbocycles. The Hall–Kier alpha value is -1.05. The van der Waals surface area contributed by atoms with Gasteiger partial charge in [-0.3, -0.25) is 4.90 Å². The van der Waals surface area contributed by atoms with Crippen molar-refractivity contribution in [2.75, 3.05) is 30.8 Å². The van der Waals surface area contributed by atoms with Crippen LogP contribution >= 0.6 is 27.7 Å². The van der Waals surface area contributed by atoms with Crippen molar-refractivity contribution in [3.8, 4) is 11.5 Å². The fourth-order valence-corrected chi connectivity index (χ4v) is 3.76. The summed E-state index contributed by atoms with van der Waals surface area (Å²) in [6.45, 7) is 1.04. The minimum atomic E-state index is 0.211. The Morgan fingerprint density at radius 1 is 1.50 bits per heavy atom. The molecular formula is C13H15BrN4OS. The number of thioether (sulfide) groups is 1. The van der Waals surface area contributed by atoms with Gasteiger partial charge in [-0.1, -0.05) is 21.1 Å². The van der Waals surface area contributed by atoms with Gasteiger partial charge in [0.15, 0.2) is 5.82 Å². The molecule has 1 aromatic carbocycles. The van der Waals surface area contributed by atoms with Crippen molar-refractivity contribution in [3.05, 3.63) is 28.5 Å². The number of halogens is 1. The van der Waals surface area contributed by atoms with E-state index in [9.17, 15) is 0 Å². The Morgan fingerprint density at radius 3 is 3.10 bits per heavy atom. The zero-order valence-corrected chi connectivity index (χ0v) is 13.4. The van der Waals surface area contributed by atoms with Crippen molar-refractivity contribution < 1.29 is 4.52 Å². The second kappa shape index (κ2) is 5.75.